The number of hydrogen-bond donors (Lipinski definition) is 1. The predicted octanol–water partition coefficient (Wildman–Crippen LogP) is 5.94. The lowest BCUT2D eigenvalue weighted by atomic mass is 9.85. The van der Waals surface area contributed by atoms with Crippen LogP contribution < -0.4 is 14.4 Å². The normalized spacial score (nSPS) is 18.8. The van der Waals surface area contributed by atoms with Crippen molar-refractivity contribution in [3.05, 3.63) is 94.6 Å². The summed E-state index contributed by atoms with van der Waals surface area (Å²) >= 11 is 0. The van der Waals surface area contributed by atoms with Crippen molar-refractivity contribution in [3.8, 4) is 11.5 Å². The van der Waals surface area contributed by atoms with Crippen LogP contribution in [0.3, 0.4) is 0 Å². The van der Waals surface area contributed by atoms with E-state index in [9.17, 15) is 14.7 Å². The maximum absolute atomic E-state index is 13.5. The molecule has 6 nitrogen and oxygen atoms in total. The van der Waals surface area contributed by atoms with E-state index in [-0.39, 0.29) is 16.7 Å². The van der Waals surface area contributed by atoms with Crippen LogP contribution in [0.5, 0.6) is 11.5 Å². The molecule has 1 saturated heterocycles. The summed E-state index contributed by atoms with van der Waals surface area (Å²) in [6.45, 7) is 9.29. The van der Waals surface area contributed by atoms with Crippen molar-refractivity contribution in [1.82, 2.24) is 0 Å². The number of hydrogen-bond acceptors (Lipinski definition) is 5. The quantitative estimate of drug-likeness (QED) is 0.274. The Kier molecular flexibility index (Phi) is 6.28. The second-order valence-corrected chi connectivity index (χ2v) is 10.4. The van der Waals surface area contributed by atoms with Crippen molar-refractivity contribution in [2.75, 3.05) is 18.1 Å². The van der Waals surface area contributed by atoms with E-state index in [1.54, 1.807) is 30.3 Å². The molecule has 5 rings (SSSR count). The lowest BCUT2D eigenvalue weighted by Crippen LogP contribution is -2.29. The van der Waals surface area contributed by atoms with E-state index in [0.29, 0.717) is 36.0 Å². The van der Waals surface area contributed by atoms with Gasteiger partial charge in [-0.2, -0.15) is 0 Å². The summed E-state index contributed by atoms with van der Waals surface area (Å²) in [6, 6.07) is 19.7. The molecule has 0 saturated carbocycles. The first-order valence-corrected chi connectivity index (χ1v) is 12.6. The van der Waals surface area contributed by atoms with Gasteiger partial charge in [-0.1, -0.05) is 76.2 Å². The van der Waals surface area contributed by atoms with E-state index < -0.39 is 17.7 Å². The molecular weight excluding hydrogens is 466 g/mol. The van der Waals surface area contributed by atoms with Gasteiger partial charge in [-0.15, -0.1) is 0 Å². The third-order valence-corrected chi connectivity index (χ3v) is 6.98. The van der Waals surface area contributed by atoms with Gasteiger partial charge in [0.1, 0.15) is 19.0 Å². The molecule has 1 amide bonds. The Balaban J connectivity index is 1.67. The van der Waals surface area contributed by atoms with E-state index in [4.69, 9.17) is 9.47 Å². The minimum Gasteiger partial charge on any atom is -0.507 e. The Morgan fingerprint density at radius 2 is 1.57 bits per heavy atom. The third kappa shape index (κ3) is 4.48. The number of benzene rings is 3. The smallest absolute Gasteiger partial charge is 0.300 e. The van der Waals surface area contributed by atoms with Gasteiger partial charge in [-0.3, -0.25) is 14.5 Å². The Morgan fingerprint density at radius 1 is 0.919 bits per heavy atom. The number of aliphatic hydroxyl groups is 1. The SMILES string of the molecule is CCc1ccc(/C(O)=C2\C(=O)C(=O)N(c3ccc4c(c3)OCCO4)C2c2ccc(C(C)(C)C)cc2)cc1. The highest BCUT2D eigenvalue weighted by atomic mass is 16.6. The predicted molar refractivity (Wildman–Crippen MR) is 143 cm³/mol. The van der Waals surface area contributed by atoms with Gasteiger partial charge in [-0.05, 0) is 40.7 Å². The fourth-order valence-electron chi connectivity index (χ4n) is 4.82. The van der Waals surface area contributed by atoms with E-state index >= 15 is 0 Å². The van der Waals surface area contributed by atoms with Gasteiger partial charge in [-0.25, -0.2) is 0 Å². The highest BCUT2D eigenvalue weighted by Crippen LogP contribution is 2.44. The lowest BCUT2D eigenvalue weighted by molar-refractivity contribution is -0.132. The number of Topliss-reactive ketones (excluding diaryl/α,β-unsaturated/α-hetero) is 1. The average Bonchev–Trinajstić information content (AvgIpc) is 3.17. The molecule has 0 aromatic heterocycles. The van der Waals surface area contributed by atoms with Gasteiger partial charge in [0, 0.05) is 17.3 Å². The van der Waals surface area contributed by atoms with E-state index in [1.807, 2.05) is 36.4 Å². The molecule has 37 heavy (non-hydrogen) atoms. The molecular formula is C31H31NO5. The number of ketones is 1. The van der Waals surface area contributed by atoms with Crippen LogP contribution in [0.1, 0.15) is 56.0 Å². The zero-order valence-electron chi connectivity index (χ0n) is 21.6. The van der Waals surface area contributed by atoms with Crippen LogP contribution in [0.2, 0.25) is 0 Å². The number of aryl methyl sites for hydroxylation is 1. The first-order valence-electron chi connectivity index (χ1n) is 12.6. The number of ether oxygens (including phenoxy) is 2. The van der Waals surface area contributed by atoms with Crippen molar-refractivity contribution >= 4 is 23.1 Å². The monoisotopic (exact) mass is 497 g/mol. The molecule has 1 atom stereocenters. The average molecular weight is 498 g/mol. The molecule has 2 aliphatic heterocycles. The summed E-state index contributed by atoms with van der Waals surface area (Å²) in [6.07, 6.45) is 0.857. The molecule has 1 unspecified atom stereocenters. The van der Waals surface area contributed by atoms with E-state index in [1.165, 1.54) is 4.90 Å². The molecule has 3 aromatic carbocycles. The second kappa shape index (κ2) is 9.43. The van der Waals surface area contributed by atoms with Crippen molar-refractivity contribution < 1.29 is 24.2 Å². The van der Waals surface area contributed by atoms with Crippen molar-refractivity contribution in [2.24, 2.45) is 0 Å². The first-order chi connectivity index (χ1) is 17.7. The largest absolute Gasteiger partial charge is 0.507 e. The van der Waals surface area contributed by atoms with E-state index in [2.05, 4.69) is 27.7 Å². The maximum atomic E-state index is 13.5. The fourth-order valence-corrected chi connectivity index (χ4v) is 4.82. The second-order valence-electron chi connectivity index (χ2n) is 10.4. The molecule has 0 bridgehead atoms. The summed E-state index contributed by atoms with van der Waals surface area (Å²) in [4.78, 5) is 28.4. The number of nitrogens with zero attached hydrogens (tertiary/aromatic N) is 1. The zero-order chi connectivity index (χ0) is 26.3. The van der Waals surface area contributed by atoms with Crippen LogP contribution in [0.25, 0.3) is 5.76 Å². The Morgan fingerprint density at radius 3 is 2.19 bits per heavy atom. The summed E-state index contributed by atoms with van der Waals surface area (Å²) in [5.41, 5.74) is 3.97. The van der Waals surface area contributed by atoms with Gasteiger partial charge >= 0.3 is 0 Å². The number of rotatable bonds is 4. The fraction of sp³-hybridized carbons (Fsp3) is 0.290. The summed E-state index contributed by atoms with van der Waals surface area (Å²) in [7, 11) is 0. The molecule has 0 aliphatic carbocycles. The molecule has 3 aromatic rings. The summed E-state index contributed by atoms with van der Waals surface area (Å²) < 4.78 is 11.4. The molecule has 0 radical (unpaired) electrons. The van der Waals surface area contributed by atoms with Gasteiger partial charge in [0.25, 0.3) is 11.7 Å². The van der Waals surface area contributed by atoms with Crippen LogP contribution in [-0.4, -0.2) is 30.0 Å². The van der Waals surface area contributed by atoms with Crippen LogP contribution in [0.15, 0.2) is 72.3 Å². The molecule has 2 aliphatic rings. The zero-order valence-corrected chi connectivity index (χ0v) is 21.6. The number of carbonyl (C=O) groups is 2. The molecule has 6 heteroatoms. The van der Waals surface area contributed by atoms with E-state index in [0.717, 1.165) is 23.1 Å². The molecule has 1 N–H and O–H groups in total. The van der Waals surface area contributed by atoms with Crippen LogP contribution in [0.4, 0.5) is 5.69 Å². The van der Waals surface area contributed by atoms with Crippen molar-refractivity contribution in [2.45, 2.75) is 45.6 Å². The highest BCUT2D eigenvalue weighted by molar-refractivity contribution is 6.51. The van der Waals surface area contributed by atoms with Crippen LogP contribution in [-0.2, 0) is 21.4 Å². The first kappa shape index (κ1) is 24.6. The van der Waals surface area contributed by atoms with Gasteiger partial charge in [0.15, 0.2) is 11.5 Å². The van der Waals surface area contributed by atoms with Crippen LogP contribution >= 0.6 is 0 Å². The number of anilines is 1. The number of amides is 1. The summed E-state index contributed by atoms with van der Waals surface area (Å²) in [5.74, 6) is -0.507. The van der Waals surface area contributed by atoms with Gasteiger partial charge in [0.2, 0.25) is 0 Å². The number of aliphatic hydroxyl groups excluding tert-OH is 1. The summed E-state index contributed by atoms with van der Waals surface area (Å²) in [5, 5.41) is 11.4. The molecule has 2 heterocycles. The molecule has 190 valence electrons. The number of carbonyl (C=O) groups excluding carboxylic acids is 2. The minimum atomic E-state index is -0.803. The van der Waals surface area contributed by atoms with Crippen molar-refractivity contribution in [1.29, 1.82) is 0 Å². The van der Waals surface area contributed by atoms with Crippen LogP contribution in [0, 0.1) is 0 Å². The standard InChI is InChI=1S/C31H31NO5/c1-5-19-6-8-21(9-7-19)28(33)26-27(20-10-12-22(13-11-20)31(2,3)4)32(30(35)29(26)34)23-14-15-24-25(18-23)37-17-16-36-24/h6-15,18,27,33H,5,16-17H2,1-4H3/b28-26+. The minimum absolute atomic E-state index is 0.0583. The van der Waals surface area contributed by atoms with Crippen molar-refractivity contribution in [3.63, 3.8) is 0 Å². The Labute approximate surface area is 217 Å². The Hall–Kier alpha value is -4.06. The maximum Gasteiger partial charge on any atom is 0.300 e. The molecule has 1 fully saturated rings. The topological polar surface area (TPSA) is 76.1 Å². The number of fused-ring (bicyclic) bond motifs is 1. The molecule has 0 spiro atoms. The Bertz CT molecular complexity index is 1380. The highest BCUT2D eigenvalue weighted by Gasteiger charge is 2.47. The lowest BCUT2D eigenvalue weighted by Gasteiger charge is -2.28. The third-order valence-electron chi connectivity index (χ3n) is 6.98. The van der Waals surface area contributed by atoms with Gasteiger partial charge in [0.05, 0.1) is 11.6 Å². The van der Waals surface area contributed by atoms with Gasteiger partial charge < -0.3 is 14.6 Å².